The number of carbonyl (C=O) groups excluding carboxylic acids is 2. The first-order valence-corrected chi connectivity index (χ1v) is 10.5. The van der Waals surface area contributed by atoms with Gasteiger partial charge in [0.2, 0.25) is 0 Å². The van der Waals surface area contributed by atoms with Crippen molar-refractivity contribution in [2.75, 3.05) is 0 Å². The van der Waals surface area contributed by atoms with E-state index in [9.17, 15) is 9.59 Å². The number of rotatable bonds is 7. The number of hydrogen-bond donors (Lipinski definition) is 1. The second-order valence-corrected chi connectivity index (χ2v) is 7.78. The van der Waals surface area contributed by atoms with Gasteiger partial charge in [0.1, 0.15) is 11.5 Å². The smallest absolute Gasteiger partial charge is 0.343 e. The Hall–Kier alpha value is -3.06. The van der Waals surface area contributed by atoms with Crippen molar-refractivity contribution in [1.82, 2.24) is 5.43 Å². The first kappa shape index (κ1) is 23.6. The molecule has 1 atom stereocenters. The van der Waals surface area contributed by atoms with Crippen molar-refractivity contribution in [2.45, 2.75) is 13.0 Å². The zero-order valence-corrected chi connectivity index (χ0v) is 19.0. The average molecular weight is 492 g/mol. The van der Waals surface area contributed by atoms with Crippen LogP contribution in [0.5, 0.6) is 11.5 Å². The number of ether oxygens (including phenoxy) is 2. The minimum Gasteiger partial charge on any atom is -0.479 e. The molecule has 3 aromatic carbocycles. The van der Waals surface area contributed by atoms with Crippen molar-refractivity contribution >= 4 is 52.9 Å². The second kappa shape index (κ2) is 11.0. The van der Waals surface area contributed by atoms with Crippen LogP contribution in [0, 0.1) is 0 Å². The Balaban J connectivity index is 1.62. The van der Waals surface area contributed by atoms with Gasteiger partial charge in [-0.2, -0.15) is 5.10 Å². The molecule has 0 spiro atoms. The molecule has 0 bridgehead atoms. The monoisotopic (exact) mass is 490 g/mol. The molecule has 0 aliphatic carbocycles. The maximum Gasteiger partial charge on any atom is 0.343 e. The topological polar surface area (TPSA) is 77.0 Å². The predicted octanol–water partition coefficient (Wildman–Crippen LogP) is 5.78. The van der Waals surface area contributed by atoms with Crippen LogP contribution < -0.4 is 14.9 Å². The van der Waals surface area contributed by atoms with Crippen LogP contribution in [0.2, 0.25) is 15.1 Å². The number of nitrogens with one attached hydrogen (secondary N) is 1. The van der Waals surface area contributed by atoms with Gasteiger partial charge >= 0.3 is 5.97 Å². The van der Waals surface area contributed by atoms with Crippen LogP contribution in [0.3, 0.4) is 0 Å². The predicted molar refractivity (Wildman–Crippen MR) is 125 cm³/mol. The number of benzene rings is 3. The molecule has 0 saturated carbocycles. The Morgan fingerprint density at radius 3 is 2.34 bits per heavy atom. The molecule has 164 valence electrons. The van der Waals surface area contributed by atoms with Gasteiger partial charge in [-0.05, 0) is 61.5 Å². The van der Waals surface area contributed by atoms with Crippen LogP contribution in [0.4, 0.5) is 0 Å². The first-order valence-electron chi connectivity index (χ1n) is 9.35. The Morgan fingerprint density at radius 2 is 1.62 bits per heavy atom. The molecule has 6 nitrogen and oxygen atoms in total. The van der Waals surface area contributed by atoms with Crippen molar-refractivity contribution in [3.05, 3.63) is 92.9 Å². The highest BCUT2D eigenvalue weighted by atomic mass is 35.5. The third kappa shape index (κ3) is 6.47. The van der Waals surface area contributed by atoms with E-state index < -0.39 is 18.0 Å². The molecule has 0 aliphatic heterocycles. The molecule has 0 heterocycles. The first-order chi connectivity index (χ1) is 15.3. The Kier molecular flexibility index (Phi) is 8.11. The van der Waals surface area contributed by atoms with Crippen molar-refractivity contribution in [3.8, 4) is 11.5 Å². The second-order valence-electron chi connectivity index (χ2n) is 6.50. The van der Waals surface area contributed by atoms with Gasteiger partial charge in [-0.1, -0.05) is 46.9 Å². The molecule has 1 N–H and O–H groups in total. The molecule has 9 heteroatoms. The molecule has 3 aromatic rings. The fraction of sp³-hybridized carbons (Fsp3) is 0.0870. The van der Waals surface area contributed by atoms with Crippen LogP contribution >= 0.6 is 34.8 Å². The van der Waals surface area contributed by atoms with Crippen molar-refractivity contribution < 1.29 is 19.1 Å². The highest BCUT2D eigenvalue weighted by molar-refractivity contribution is 6.35. The Labute approximate surface area is 199 Å². The molecule has 0 aliphatic rings. The minimum absolute atomic E-state index is 0.280. The lowest BCUT2D eigenvalue weighted by Crippen LogP contribution is -2.33. The van der Waals surface area contributed by atoms with Crippen molar-refractivity contribution in [2.24, 2.45) is 5.10 Å². The van der Waals surface area contributed by atoms with E-state index in [2.05, 4.69) is 10.5 Å². The maximum absolute atomic E-state index is 12.4. The summed E-state index contributed by atoms with van der Waals surface area (Å²) in [6.07, 6.45) is 0.494. The SMILES string of the molecule is C[C@@H](Oc1ccc(Cl)cc1Cl)C(=O)N/N=C\c1ccccc1OC(=O)c1ccc(Cl)cc1. The summed E-state index contributed by atoms with van der Waals surface area (Å²) in [6, 6.07) is 17.8. The lowest BCUT2D eigenvalue weighted by molar-refractivity contribution is -0.127. The molecule has 0 unspecified atom stereocenters. The van der Waals surface area contributed by atoms with Crippen molar-refractivity contribution in [1.29, 1.82) is 0 Å². The summed E-state index contributed by atoms with van der Waals surface area (Å²) in [5, 5.41) is 5.19. The zero-order valence-electron chi connectivity index (χ0n) is 16.7. The molecule has 32 heavy (non-hydrogen) atoms. The molecule has 0 radical (unpaired) electrons. The molecular weight excluding hydrogens is 475 g/mol. The van der Waals surface area contributed by atoms with Crippen LogP contribution in [0.15, 0.2) is 71.8 Å². The normalized spacial score (nSPS) is 11.8. The quantitative estimate of drug-likeness (QED) is 0.197. The summed E-state index contributed by atoms with van der Waals surface area (Å²) in [5.41, 5.74) is 3.22. The van der Waals surface area contributed by atoms with E-state index >= 15 is 0 Å². The van der Waals surface area contributed by atoms with Gasteiger partial charge in [-0.15, -0.1) is 0 Å². The van der Waals surface area contributed by atoms with Gasteiger partial charge in [-0.3, -0.25) is 4.79 Å². The number of halogens is 3. The lowest BCUT2D eigenvalue weighted by atomic mass is 10.2. The summed E-state index contributed by atoms with van der Waals surface area (Å²) < 4.78 is 11.0. The van der Waals surface area contributed by atoms with Crippen LogP contribution in [-0.2, 0) is 4.79 Å². The lowest BCUT2D eigenvalue weighted by Gasteiger charge is -2.14. The summed E-state index contributed by atoms with van der Waals surface area (Å²) in [7, 11) is 0. The number of para-hydroxylation sites is 1. The molecule has 0 saturated heterocycles. The van der Waals surface area contributed by atoms with E-state index in [1.807, 2.05) is 0 Å². The van der Waals surface area contributed by atoms with Crippen LogP contribution in [0.1, 0.15) is 22.8 Å². The fourth-order valence-corrected chi connectivity index (χ4v) is 3.08. The number of hydrogen-bond acceptors (Lipinski definition) is 5. The average Bonchev–Trinajstić information content (AvgIpc) is 2.77. The highest BCUT2D eigenvalue weighted by Crippen LogP contribution is 2.28. The van der Waals surface area contributed by atoms with Gasteiger partial charge < -0.3 is 9.47 Å². The third-order valence-electron chi connectivity index (χ3n) is 4.15. The molecule has 0 aromatic heterocycles. The summed E-state index contributed by atoms with van der Waals surface area (Å²) in [5.74, 6) is -0.443. The number of amides is 1. The summed E-state index contributed by atoms with van der Waals surface area (Å²) in [4.78, 5) is 24.6. The zero-order chi connectivity index (χ0) is 23.1. The standard InChI is InChI=1S/C23H17Cl3N2O4/c1-14(31-21-11-10-18(25)12-19(21)26)22(29)28-27-13-16-4-2-3-5-20(16)32-23(30)15-6-8-17(24)9-7-15/h2-14H,1H3,(H,28,29)/b27-13-/t14-/m1/s1. The van der Waals surface area contributed by atoms with E-state index in [1.165, 1.54) is 12.3 Å². The Bertz CT molecular complexity index is 1150. The van der Waals surface area contributed by atoms with Crippen LogP contribution in [0.25, 0.3) is 0 Å². The number of nitrogens with zero attached hydrogens (tertiary/aromatic N) is 1. The highest BCUT2D eigenvalue weighted by Gasteiger charge is 2.16. The largest absolute Gasteiger partial charge is 0.479 e. The van der Waals surface area contributed by atoms with Gasteiger partial charge in [0, 0.05) is 15.6 Å². The molecule has 3 rings (SSSR count). The van der Waals surface area contributed by atoms with Gasteiger partial charge in [0.05, 0.1) is 16.8 Å². The fourth-order valence-electron chi connectivity index (χ4n) is 2.50. The summed E-state index contributed by atoms with van der Waals surface area (Å²) in [6.45, 7) is 1.55. The maximum atomic E-state index is 12.4. The molecular formula is C23H17Cl3N2O4. The minimum atomic E-state index is -0.871. The van der Waals surface area contributed by atoms with Crippen molar-refractivity contribution in [3.63, 3.8) is 0 Å². The summed E-state index contributed by atoms with van der Waals surface area (Å²) >= 11 is 17.7. The van der Waals surface area contributed by atoms with Gasteiger partial charge in [-0.25, -0.2) is 10.2 Å². The van der Waals surface area contributed by atoms with E-state index in [1.54, 1.807) is 67.6 Å². The number of hydrazone groups is 1. The van der Waals surface area contributed by atoms with E-state index in [0.29, 0.717) is 26.9 Å². The number of carbonyl (C=O) groups is 2. The number of esters is 1. The van der Waals surface area contributed by atoms with Gasteiger partial charge in [0.15, 0.2) is 6.10 Å². The molecule has 0 fully saturated rings. The third-order valence-corrected chi connectivity index (χ3v) is 4.93. The van der Waals surface area contributed by atoms with Gasteiger partial charge in [0.25, 0.3) is 5.91 Å². The Morgan fingerprint density at radius 1 is 0.938 bits per heavy atom. The van der Waals surface area contributed by atoms with Crippen LogP contribution in [-0.4, -0.2) is 24.2 Å². The van der Waals surface area contributed by atoms with E-state index in [0.717, 1.165) is 0 Å². The van der Waals surface area contributed by atoms with E-state index in [-0.39, 0.29) is 10.8 Å². The van der Waals surface area contributed by atoms with E-state index in [4.69, 9.17) is 44.3 Å². The molecule has 1 amide bonds.